The maximum atomic E-state index is 12.6. The van der Waals surface area contributed by atoms with Gasteiger partial charge in [0.2, 0.25) is 5.91 Å². The first kappa shape index (κ1) is 23.8. The maximum absolute atomic E-state index is 12.6. The van der Waals surface area contributed by atoms with Gasteiger partial charge >= 0.3 is 0 Å². The van der Waals surface area contributed by atoms with Crippen LogP contribution in [0.4, 0.5) is 0 Å². The third-order valence-electron chi connectivity index (χ3n) is 5.31. The Labute approximate surface area is 207 Å². The van der Waals surface area contributed by atoms with Crippen LogP contribution in [0.15, 0.2) is 83.4 Å². The second-order valence-corrected chi connectivity index (χ2v) is 9.93. The van der Waals surface area contributed by atoms with Crippen molar-refractivity contribution in [3.63, 3.8) is 0 Å². The van der Waals surface area contributed by atoms with E-state index in [0.717, 1.165) is 38.1 Å². The molecule has 0 fully saturated rings. The largest absolute Gasteiger partial charge is 0.497 e. The standard InChI is InChI=1S/C26H25N3O3S2/c1-27-25(31)22-5-3-4-6-23(22)33-20-13-9-17(10-14-20)24(30)28-15-21-16-29-26(34-21)18-7-11-19(32-2)12-8-18/h3-5,7-14,16,23H,6,15H2,1-2H3,(H,27,31)(H,28,30). The Bertz CT molecular complexity index is 1210. The first-order valence-corrected chi connectivity index (χ1v) is 12.5. The molecule has 1 aliphatic carbocycles. The highest BCUT2D eigenvalue weighted by Gasteiger charge is 2.22. The van der Waals surface area contributed by atoms with Gasteiger partial charge in [0.1, 0.15) is 10.8 Å². The number of nitrogens with zero attached hydrogens (tertiary/aromatic N) is 1. The van der Waals surface area contributed by atoms with Crippen molar-refractivity contribution in [3.05, 3.63) is 89.0 Å². The number of nitrogens with one attached hydrogen (secondary N) is 2. The number of hydrogen-bond acceptors (Lipinski definition) is 6. The van der Waals surface area contributed by atoms with Crippen molar-refractivity contribution in [2.24, 2.45) is 0 Å². The Balaban J connectivity index is 1.33. The summed E-state index contributed by atoms with van der Waals surface area (Å²) in [6, 6.07) is 15.2. The highest BCUT2D eigenvalue weighted by Crippen LogP contribution is 2.33. The monoisotopic (exact) mass is 491 g/mol. The van der Waals surface area contributed by atoms with Crippen molar-refractivity contribution in [1.82, 2.24) is 15.6 Å². The van der Waals surface area contributed by atoms with E-state index in [2.05, 4.69) is 21.7 Å². The van der Waals surface area contributed by atoms with E-state index in [0.29, 0.717) is 12.1 Å². The highest BCUT2D eigenvalue weighted by molar-refractivity contribution is 8.00. The molecule has 2 N–H and O–H groups in total. The summed E-state index contributed by atoms with van der Waals surface area (Å²) in [5, 5.41) is 6.61. The van der Waals surface area contributed by atoms with Crippen molar-refractivity contribution in [1.29, 1.82) is 0 Å². The second kappa shape index (κ2) is 11.2. The van der Waals surface area contributed by atoms with E-state index < -0.39 is 0 Å². The van der Waals surface area contributed by atoms with Crippen LogP contribution in [0.3, 0.4) is 0 Å². The number of likely N-dealkylation sites (N-methyl/N-ethyl adjacent to an activating group) is 1. The summed E-state index contributed by atoms with van der Waals surface area (Å²) in [4.78, 5) is 31.2. The predicted molar refractivity (Wildman–Crippen MR) is 137 cm³/mol. The van der Waals surface area contributed by atoms with E-state index in [9.17, 15) is 9.59 Å². The summed E-state index contributed by atoms with van der Waals surface area (Å²) < 4.78 is 5.19. The zero-order valence-electron chi connectivity index (χ0n) is 18.9. The fourth-order valence-corrected chi connectivity index (χ4v) is 5.46. The van der Waals surface area contributed by atoms with Crippen LogP contribution in [0.1, 0.15) is 21.7 Å². The number of allylic oxidation sites excluding steroid dienone is 3. The van der Waals surface area contributed by atoms with Crippen LogP contribution in [0.2, 0.25) is 0 Å². The van der Waals surface area contributed by atoms with Crippen LogP contribution in [0.25, 0.3) is 10.6 Å². The summed E-state index contributed by atoms with van der Waals surface area (Å²) in [6.45, 7) is 0.415. The van der Waals surface area contributed by atoms with Gasteiger partial charge in [0, 0.05) is 45.0 Å². The highest BCUT2D eigenvalue weighted by atomic mass is 32.2. The Kier molecular flexibility index (Phi) is 7.82. The van der Waals surface area contributed by atoms with E-state index in [1.165, 1.54) is 0 Å². The van der Waals surface area contributed by atoms with Gasteiger partial charge in [-0.25, -0.2) is 4.98 Å². The lowest BCUT2D eigenvalue weighted by Crippen LogP contribution is -2.26. The van der Waals surface area contributed by atoms with Crippen molar-refractivity contribution >= 4 is 34.9 Å². The van der Waals surface area contributed by atoms with Gasteiger partial charge in [-0.2, -0.15) is 0 Å². The molecule has 0 radical (unpaired) electrons. The number of methoxy groups -OCH3 is 1. The number of benzene rings is 2. The molecule has 1 heterocycles. The topological polar surface area (TPSA) is 80.3 Å². The molecule has 2 amide bonds. The fraction of sp³-hybridized carbons (Fsp3) is 0.192. The van der Waals surface area contributed by atoms with E-state index in [1.54, 1.807) is 43.5 Å². The van der Waals surface area contributed by atoms with E-state index >= 15 is 0 Å². The Morgan fingerprint density at radius 1 is 1.12 bits per heavy atom. The number of hydrogen-bond donors (Lipinski definition) is 2. The summed E-state index contributed by atoms with van der Waals surface area (Å²) in [6.07, 6.45) is 8.42. The average Bonchev–Trinajstić information content (AvgIpc) is 3.37. The zero-order chi connectivity index (χ0) is 23.9. The molecule has 0 bridgehead atoms. The minimum atomic E-state index is -0.137. The Morgan fingerprint density at radius 3 is 2.59 bits per heavy atom. The SMILES string of the molecule is CNC(=O)C1=CC=CCC1Sc1ccc(C(=O)NCc2cnc(-c3ccc(OC)cc3)s2)cc1. The molecule has 0 saturated carbocycles. The molecule has 1 aromatic heterocycles. The molecular formula is C26H25N3O3S2. The third-order valence-corrected chi connectivity index (χ3v) is 7.63. The first-order valence-electron chi connectivity index (χ1n) is 10.8. The molecule has 174 valence electrons. The molecule has 1 unspecified atom stereocenters. The normalized spacial score (nSPS) is 14.9. The van der Waals surface area contributed by atoms with Crippen molar-refractivity contribution in [3.8, 4) is 16.3 Å². The molecule has 0 spiro atoms. The van der Waals surface area contributed by atoms with Gasteiger partial charge in [0.15, 0.2) is 0 Å². The smallest absolute Gasteiger partial charge is 0.251 e. The lowest BCUT2D eigenvalue weighted by molar-refractivity contribution is -0.117. The Morgan fingerprint density at radius 2 is 1.88 bits per heavy atom. The molecular weight excluding hydrogens is 466 g/mol. The number of thiazole rings is 1. The maximum Gasteiger partial charge on any atom is 0.251 e. The van der Waals surface area contributed by atoms with Crippen molar-refractivity contribution in [2.45, 2.75) is 23.1 Å². The summed E-state index contributed by atoms with van der Waals surface area (Å²) >= 11 is 3.17. The lowest BCUT2D eigenvalue weighted by atomic mass is 10.0. The van der Waals surface area contributed by atoms with Crippen molar-refractivity contribution in [2.75, 3.05) is 14.2 Å². The molecule has 0 saturated heterocycles. The van der Waals surface area contributed by atoms with Gasteiger partial charge in [-0.05, 0) is 55.0 Å². The van der Waals surface area contributed by atoms with Gasteiger partial charge in [-0.15, -0.1) is 23.1 Å². The summed E-state index contributed by atoms with van der Waals surface area (Å²) in [7, 11) is 3.28. The molecule has 34 heavy (non-hydrogen) atoms. The van der Waals surface area contributed by atoms with Crippen LogP contribution < -0.4 is 15.4 Å². The minimum absolute atomic E-state index is 0.0517. The number of ether oxygens (including phenoxy) is 1. The van der Waals surface area contributed by atoms with Crippen LogP contribution in [0.5, 0.6) is 5.75 Å². The molecule has 1 atom stereocenters. The quantitative estimate of drug-likeness (QED) is 0.471. The van der Waals surface area contributed by atoms with E-state index in [1.807, 2.05) is 60.7 Å². The predicted octanol–water partition coefficient (Wildman–Crippen LogP) is 4.84. The fourth-order valence-electron chi connectivity index (χ4n) is 3.46. The Hall–Kier alpha value is -3.36. The van der Waals surface area contributed by atoms with Gasteiger partial charge in [0.05, 0.1) is 13.7 Å². The summed E-state index contributed by atoms with van der Waals surface area (Å²) in [5.74, 6) is 0.606. The van der Waals surface area contributed by atoms with Crippen LogP contribution >= 0.6 is 23.1 Å². The van der Waals surface area contributed by atoms with Crippen LogP contribution in [-0.4, -0.2) is 36.2 Å². The third kappa shape index (κ3) is 5.76. The average molecular weight is 492 g/mol. The number of rotatable bonds is 8. The van der Waals surface area contributed by atoms with Gasteiger partial charge < -0.3 is 15.4 Å². The van der Waals surface area contributed by atoms with E-state index in [4.69, 9.17) is 4.74 Å². The van der Waals surface area contributed by atoms with Gasteiger partial charge in [0.25, 0.3) is 5.91 Å². The zero-order valence-corrected chi connectivity index (χ0v) is 20.5. The first-order chi connectivity index (χ1) is 16.6. The molecule has 3 aromatic rings. The molecule has 2 aromatic carbocycles. The van der Waals surface area contributed by atoms with Gasteiger partial charge in [-0.3, -0.25) is 9.59 Å². The summed E-state index contributed by atoms with van der Waals surface area (Å²) in [5.41, 5.74) is 2.37. The number of carbonyl (C=O) groups excluding carboxylic acids is 2. The van der Waals surface area contributed by atoms with Crippen LogP contribution in [0, 0.1) is 0 Å². The molecule has 0 aliphatic heterocycles. The number of carbonyl (C=O) groups is 2. The number of thioether (sulfide) groups is 1. The minimum Gasteiger partial charge on any atom is -0.497 e. The van der Waals surface area contributed by atoms with Crippen molar-refractivity contribution < 1.29 is 14.3 Å². The van der Waals surface area contributed by atoms with Crippen LogP contribution in [-0.2, 0) is 11.3 Å². The second-order valence-electron chi connectivity index (χ2n) is 7.54. The molecule has 8 heteroatoms. The molecule has 1 aliphatic rings. The lowest BCUT2D eigenvalue weighted by Gasteiger charge is -2.20. The number of amides is 2. The van der Waals surface area contributed by atoms with E-state index in [-0.39, 0.29) is 17.1 Å². The van der Waals surface area contributed by atoms with Gasteiger partial charge in [-0.1, -0.05) is 18.2 Å². The molecule has 6 nitrogen and oxygen atoms in total. The number of aromatic nitrogens is 1. The molecule has 4 rings (SSSR count).